The first-order valence-electron chi connectivity index (χ1n) is 14.8. The molecule has 0 saturated heterocycles. The molecule has 0 amide bonds. The summed E-state index contributed by atoms with van der Waals surface area (Å²) in [6, 6.07) is 59.0. The molecule has 0 N–H and O–H groups in total. The summed E-state index contributed by atoms with van der Waals surface area (Å²) >= 11 is 0. The van der Waals surface area contributed by atoms with Crippen LogP contribution < -0.4 is 4.90 Å². The SMILES string of the molecule is CN(c1ccccc1)c1ccc(-c2cccc3c2c2c4ccccc4ccc2n3-c2cccc(-c3ccccc3)c2)cc1. The Morgan fingerprint density at radius 1 is 0.442 bits per heavy atom. The van der Waals surface area contributed by atoms with E-state index in [4.69, 9.17) is 0 Å². The minimum absolute atomic E-state index is 1.16. The number of nitrogens with zero attached hydrogens (tertiary/aromatic N) is 2. The predicted octanol–water partition coefficient (Wildman–Crippen LogP) is 11.0. The van der Waals surface area contributed by atoms with Crippen molar-refractivity contribution in [3.63, 3.8) is 0 Å². The van der Waals surface area contributed by atoms with Crippen LogP contribution in [0, 0.1) is 0 Å². The lowest BCUT2D eigenvalue weighted by Gasteiger charge is -2.20. The highest BCUT2D eigenvalue weighted by molar-refractivity contribution is 6.25. The van der Waals surface area contributed by atoms with E-state index in [1.165, 1.54) is 60.5 Å². The Bertz CT molecular complexity index is 2230. The van der Waals surface area contributed by atoms with E-state index < -0.39 is 0 Å². The van der Waals surface area contributed by atoms with Gasteiger partial charge in [0.05, 0.1) is 11.0 Å². The molecule has 7 aromatic carbocycles. The van der Waals surface area contributed by atoms with Gasteiger partial charge < -0.3 is 9.47 Å². The standard InChI is InChI=1S/C41H30N2/c1-42(33-16-6-3-7-17-33)34-25-22-31(23-26-34)37-20-11-21-38-40(37)41-36-19-9-8-14-30(36)24-27-39(41)43(38)35-18-10-15-32(28-35)29-12-4-2-5-13-29/h2-28H,1H3. The third-order valence-corrected chi connectivity index (χ3v) is 8.60. The Morgan fingerprint density at radius 3 is 1.91 bits per heavy atom. The van der Waals surface area contributed by atoms with Crippen molar-refractivity contribution in [3.05, 3.63) is 164 Å². The summed E-state index contributed by atoms with van der Waals surface area (Å²) in [5.41, 5.74) is 10.8. The van der Waals surface area contributed by atoms with Crippen molar-refractivity contribution in [1.29, 1.82) is 0 Å². The van der Waals surface area contributed by atoms with Gasteiger partial charge in [-0.2, -0.15) is 0 Å². The van der Waals surface area contributed by atoms with Crippen molar-refractivity contribution >= 4 is 44.0 Å². The van der Waals surface area contributed by atoms with Gasteiger partial charge >= 0.3 is 0 Å². The van der Waals surface area contributed by atoms with E-state index in [2.05, 4.69) is 180 Å². The Morgan fingerprint density at radius 2 is 1.09 bits per heavy atom. The molecule has 204 valence electrons. The van der Waals surface area contributed by atoms with Gasteiger partial charge in [-0.15, -0.1) is 0 Å². The van der Waals surface area contributed by atoms with E-state index in [0.29, 0.717) is 0 Å². The monoisotopic (exact) mass is 550 g/mol. The van der Waals surface area contributed by atoms with Gasteiger partial charge in [-0.25, -0.2) is 0 Å². The second-order valence-electron chi connectivity index (χ2n) is 11.1. The van der Waals surface area contributed by atoms with Crippen molar-refractivity contribution in [2.75, 3.05) is 11.9 Å². The van der Waals surface area contributed by atoms with Gasteiger partial charge in [-0.1, -0.05) is 115 Å². The average Bonchev–Trinajstić information content (AvgIpc) is 3.44. The summed E-state index contributed by atoms with van der Waals surface area (Å²) in [6.07, 6.45) is 0. The van der Waals surface area contributed by atoms with E-state index in [0.717, 1.165) is 11.4 Å². The molecule has 0 aliphatic carbocycles. The van der Waals surface area contributed by atoms with Crippen LogP contribution in [0.15, 0.2) is 164 Å². The fourth-order valence-electron chi connectivity index (χ4n) is 6.47. The van der Waals surface area contributed by atoms with Crippen molar-refractivity contribution in [2.24, 2.45) is 0 Å². The molecule has 0 spiro atoms. The van der Waals surface area contributed by atoms with Gasteiger partial charge in [-0.3, -0.25) is 0 Å². The van der Waals surface area contributed by atoms with Crippen LogP contribution in [0.25, 0.3) is 60.5 Å². The molecule has 0 fully saturated rings. The maximum Gasteiger partial charge on any atom is 0.0547 e. The second-order valence-corrected chi connectivity index (χ2v) is 11.1. The molecule has 1 aromatic heterocycles. The van der Waals surface area contributed by atoms with Crippen LogP contribution in [-0.4, -0.2) is 11.6 Å². The maximum absolute atomic E-state index is 2.44. The molecule has 0 radical (unpaired) electrons. The highest BCUT2D eigenvalue weighted by atomic mass is 15.1. The largest absolute Gasteiger partial charge is 0.345 e. The zero-order valence-electron chi connectivity index (χ0n) is 24.0. The van der Waals surface area contributed by atoms with Crippen LogP contribution in [0.4, 0.5) is 11.4 Å². The maximum atomic E-state index is 2.44. The van der Waals surface area contributed by atoms with Crippen LogP contribution >= 0.6 is 0 Å². The van der Waals surface area contributed by atoms with Gasteiger partial charge in [-0.05, 0) is 81.6 Å². The van der Waals surface area contributed by atoms with E-state index in [1.54, 1.807) is 0 Å². The number of para-hydroxylation sites is 1. The quantitative estimate of drug-likeness (QED) is 0.207. The number of rotatable bonds is 5. The summed E-state index contributed by atoms with van der Waals surface area (Å²) in [7, 11) is 2.12. The molecule has 0 bridgehead atoms. The average molecular weight is 551 g/mol. The highest BCUT2D eigenvalue weighted by Gasteiger charge is 2.18. The molecule has 43 heavy (non-hydrogen) atoms. The number of fused-ring (bicyclic) bond motifs is 5. The molecule has 1 heterocycles. The second kappa shape index (κ2) is 10.3. The van der Waals surface area contributed by atoms with Gasteiger partial charge in [0.15, 0.2) is 0 Å². The fourth-order valence-corrected chi connectivity index (χ4v) is 6.47. The van der Waals surface area contributed by atoms with Crippen LogP contribution in [0.1, 0.15) is 0 Å². The normalized spacial score (nSPS) is 11.4. The van der Waals surface area contributed by atoms with Crippen LogP contribution in [0.2, 0.25) is 0 Å². The molecule has 0 saturated carbocycles. The molecule has 2 heteroatoms. The van der Waals surface area contributed by atoms with Crippen molar-refractivity contribution in [2.45, 2.75) is 0 Å². The predicted molar refractivity (Wildman–Crippen MR) is 184 cm³/mol. The highest BCUT2D eigenvalue weighted by Crippen LogP contribution is 2.42. The Hall–Kier alpha value is -5.60. The number of aromatic nitrogens is 1. The van der Waals surface area contributed by atoms with E-state index in [-0.39, 0.29) is 0 Å². The first kappa shape index (κ1) is 25.1. The minimum Gasteiger partial charge on any atom is -0.345 e. The topological polar surface area (TPSA) is 8.17 Å². The van der Waals surface area contributed by atoms with E-state index >= 15 is 0 Å². The molecule has 0 aliphatic rings. The molecule has 0 unspecified atom stereocenters. The summed E-state index contributed by atoms with van der Waals surface area (Å²) in [6.45, 7) is 0. The lowest BCUT2D eigenvalue weighted by molar-refractivity contribution is 1.18. The van der Waals surface area contributed by atoms with Gasteiger partial charge in [0.1, 0.15) is 0 Å². The van der Waals surface area contributed by atoms with Crippen molar-refractivity contribution < 1.29 is 0 Å². The van der Waals surface area contributed by atoms with Crippen molar-refractivity contribution in [1.82, 2.24) is 4.57 Å². The van der Waals surface area contributed by atoms with Crippen LogP contribution in [0.3, 0.4) is 0 Å². The zero-order valence-corrected chi connectivity index (χ0v) is 24.0. The molecule has 2 nitrogen and oxygen atoms in total. The third kappa shape index (κ3) is 4.27. The fraction of sp³-hybridized carbons (Fsp3) is 0.0244. The summed E-state index contributed by atoms with van der Waals surface area (Å²) in [5, 5.41) is 5.10. The number of anilines is 2. The summed E-state index contributed by atoms with van der Waals surface area (Å²) in [5.74, 6) is 0. The number of benzene rings is 7. The van der Waals surface area contributed by atoms with Crippen molar-refractivity contribution in [3.8, 4) is 27.9 Å². The van der Waals surface area contributed by atoms with Crippen LogP contribution in [-0.2, 0) is 0 Å². The van der Waals surface area contributed by atoms with Gasteiger partial charge in [0, 0.05) is 34.9 Å². The Labute approximate surface area is 251 Å². The van der Waals surface area contributed by atoms with Gasteiger partial charge in [0.2, 0.25) is 0 Å². The molecule has 8 rings (SSSR count). The third-order valence-electron chi connectivity index (χ3n) is 8.60. The first-order chi connectivity index (χ1) is 21.3. The molecule has 8 aromatic rings. The van der Waals surface area contributed by atoms with E-state index in [9.17, 15) is 0 Å². The minimum atomic E-state index is 1.16. The lowest BCUT2D eigenvalue weighted by Crippen LogP contribution is -2.08. The molecule has 0 atom stereocenters. The zero-order chi connectivity index (χ0) is 28.8. The lowest BCUT2D eigenvalue weighted by atomic mass is 9.96. The molecule has 0 aliphatic heterocycles. The first-order valence-corrected chi connectivity index (χ1v) is 14.8. The van der Waals surface area contributed by atoms with E-state index in [1.807, 2.05) is 0 Å². The number of hydrogen-bond donors (Lipinski definition) is 0. The number of hydrogen-bond acceptors (Lipinski definition) is 1. The van der Waals surface area contributed by atoms with Crippen LogP contribution in [0.5, 0.6) is 0 Å². The Balaban J connectivity index is 1.36. The molecular weight excluding hydrogens is 520 g/mol. The summed E-state index contributed by atoms with van der Waals surface area (Å²) in [4.78, 5) is 2.23. The summed E-state index contributed by atoms with van der Waals surface area (Å²) < 4.78 is 2.44. The smallest absolute Gasteiger partial charge is 0.0547 e. The molecular formula is C41H30N2. The van der Waals surface area contributed by atoms with Gasteiger partial charge in [0.25, 0.3) is 0 Å². The Kier molecular flexibility index (Phi) is 6.05.